The van der Waals surface area contributed by atoms with Crippen molar-refractivity contribution in [2.24, 2.45) is 4.99 Å². The van der Waals surface area contributed by atoms with Gasteiger partial charge in [0.25, 0.3) is 0 Å². The molecule has 0 spiro atoms. The molecule has 0 radical (unpaired) electrons. The summed E-state index contributed by atoms with van der Waals surface area (Å²) in [6.45, 7) is 0.680. The highest BCUT2D eigenvalue weighted by Crippen LogP contribution is 2.32. The number of hydrazine groups is 1. The summed E-state index contributed by atoms with van der Waals surface area (Å²) in [6.07, 6.45) is -8.60. The molecular weight excluding hydrogens is 290 g/mol. The van der Waals surface area contributed by atoms with Crippen molar-refractivity contribution in [2.45, 2.75) is 19.4 Å². The van der Waals surface area contributed by atoms with Gasteiger partial charge in [0.2, 0.25) is 0 Å². The third-order valence-corrected chi connectivity index (χ3v) is 2.56. The van der Waals surface area contributed by atoms with Crippen LogP contribution in [0.5, 0.6) is 0 Å². The number of pyridine rings is 1. The van der Waals surface area contributed by atoms with Crippen molar-refractivity contribution in [2.75, 3.05) is 11.7 Å². The number of hydrogen-bond acceptors (Lipinski definition) is 4. The van der Waals surface area contributed by atoms with E-state index in [0.29, 0.717) is 11.1 Å². The summed E-state index contributed by atoms with van der Waals surface area (Å²) >= 11 is 0. The van der Waals surface area contributed by atoms with Crippen LogP contribution in [0.2, 0.25) is 0 Å². The van der Waals surface area contributed by atoms with Crippen molar-refractivity contribution in [3.8, 4) is 0 Å². The lowest BCUT2D eigenvalue weighted by molar-refractivity contribution is -0.241. The Morgan fingerprint density at radius 2 is 1.75 bits per heavy atom. The molecule has 110 valence electrons. The molecule has 2 rings (SSSR count). The molecule has 0 amide bonds. The van der Waals surface area contributed by atoms with Crippen LogP contribution in [0.1, 0.15) is 12.6 Å². The Morgan fingerprint density at radius 3 is 2.20 bits per heavy atom. The summed E-state index contributed by atoms with van der Waals surface area (Å²) in [5, 5.41) is 0.653. The molecule has 1 aromatic rings. The predicted molar refractivity (Wildman–Crippen MR) is 57.6 cm³/mol. The van der Waals surface area contributed by atoms with E-state index >= 15 is 0 Å². The van der Waals surface area contributed by atoms with Gasteiger partial charge in [-0.2, -0.15) is 26.3 Å². The van der Waals surface area contributed by atoms with Gasteiger partial charge in [-0.3, -0.25) is 10.0 Å². The minimum atomic E-state index is -4.69. The second-order valence-corrected chi connectivity index (χ2v) is 3.93. The molecule has 0 N–H and O–H groups in total. The first kappa shape index (κ1) is 14.6. The molecule has 10 heteroatoms. The van der Waals surface area contributed by atoms with Gasteiger partial charge in [0, 0.05) is 0 Å². The Balaban J connectivity index is 2.32. The van der Waals surface area contributed by atoms with Crippen LogP contribution in [-0.2, 0) is 6.18 Å². The predicted octanol–water partition coefficient (Wildman–Crippen LogP) is 3.03. The Kier molecular flexibility index (Phi) is 3.36. The van der Waals surface area contributed by atoms with Crippen molar-refractivity contribution in [1.82, 2.24) is 9.99 Å². The number of alkyl halides is 6. The first-order valence-corrected chi connectivity index (χ1v) is 5.29. The maximum absolute atomic E-state index is 12.7. The average molecular weight is 298 g/mol. The molecule has 1 aliphatic heterocycles. The van der Waals surface area contributed by atoms with E-state index in [9.17, 15) is 26.3 Å². The quantitative estimate of drug-likeness (QED) is 0.590. The molecule has 0 saturated carbocycles. The van der Waals surface area contributed by atoms with Gasteiger partial charge in [-0.25, -0.2) is 4.98 Å². The largest absolute Gasteiger partial charge is 0.479 e. The van der Waals surface area contributed by atoms with E-state index in [2.05, 4.69) is 9.98 Å². The van der Waals surface area contributed by atoms with Crippen LogP contribution in [0.3, 0.4) is 0 Å². The van der Waals surface area contributed by atoms with Crippen LogP contribution in [0.15, 0.2) is 23.3 Å². The molecule has 0 saturated heterocycles. The number of aromatic nitrogens is 1. The van der Waals surface area contributed by atoms with E-state index < -0.39 is 24.8 Å². The van der Waals surface area contributed by atoms with E-state index in [0.717, 1.165) is 12.3 Å². The first-order chi connectivity index (χ1) is 9.10. The van der Waals surface area contributed by atoms with Gasteiger partial charge in [0.05, 0.1) is 11.9 Å². The highest BCUT2D eigenvalue weighted by Gasteiger charge is 2.45. The summed E-state index contributed by atoms with van der Waals surface area (Å²) in [5.74, 6) is 0.0175. The molecule has 0 fully saturated rings. The summed E-state index contributed by atoms with van der Waals surface area (Å²) in [4.78, 5) is 6.74. The van der Waals surface area contributed by atoms with Crippen LogP contribution in [-0.4, -0.2) is 28.8 Å². The molecule has 1 aromatic heterocycles. The molecule has 4 nitrogen and oxygen atoms in total. The number of nitrogens with zero attached hydrogens (tertiary/aromatic N) is 4. The summed E-state index contributed by atoms with van der Waals surface area (Å²) in [7, 11) is 0. The van der Waals surface area contributed by atoms with Gasteiger partial charge in [-0.1, -0.05) is 5.01 Å². The van der Waals surface area contributed by atoms with Crippen molar-refractivity contribution >= 4 is 11.5 Å². The SMILES string of the molecule is CC1=NCN(C(F)(F)F)N1c1ccc(C(F)(F)F)nc1. The number of aliphatic imine (C=N–C) groups is 1. The average Bonchev–Trinajstić information content (AvgIpc) is 2.70. The maximum Gasteiger partial charge on any atom is 0.479 e. The number of anilines is 1. The Hall–Kier alpha value is -1.84. The van der Waals surface area contributed by atoms with E-state index in [4.69, 9.17) is 0 Å². The van der Waals surface area contributed by atoms with Gasteiger partial charge in [-0.05, 0) is 19.1 Å². The molecule has 0 atom stereocenters. The highest BCUT2D eigenvalue weighted by atomic mass is 19.4. The second-order valence-electron chi connectivity index (χ2n) is 3.93. The first-order valence-electron chi connectivity index (χ1n) is 5.29. The number of rotatable bonds is 1. The molecule has 0 aromatic carbocycles. The van der Waals surface area contributed by atoms with Crippen molar-refractivity contribution in [1.29, 1.82) is 0 Å². The van der Waals surface area contributed by atoms with Crippen molar-refractivity contribution < 1.29 is 26.3 Å². The fraction of sp³-hybridized carbons (Fsp3) is 0.400. The lowest BCUT2D eigenvalue weighted by atomic mass is 10.3. The van der Waals surface area contributed by atoms with Crippen molar-refractivity contribution in [3.63, 3.8) is 0 Å². The third-order valence-electron chi connectivity index (χ3n) is 2.56. The number of halogens is 6. The van der Waals surface area contributed by atoms with Crippen molar-refractivity contribution in [3.05, 3.63) is 24.0 Å². The molecular formula is C10H8F6N4. The summed E-state index contributed by atoms with van der Waals surface area (Å²) in [6, 6.07) is 1.54. The maximum atomic E-state index is 12.7. The third kappa shape index (κ3) is 2.69. The molecule has 1 aliphatic rings. The topological polar surface area (TPSA) is 31.7 Å². The molecule has 2 heterocycles. The molecule has 0 aliphatic carbocycles. The second kappa shape index (κ2) is 4.62. The van der Waals surface area contributed by atoms with Gasteiger partial charge >= 0.3 is 12.5 Å². The van der Waals surface area contributed by atoms with Crippen LogP contribution in [0, 0.1) is 0 Å². The monoisotopic (exact) mass is 298 g/mol. The smallest absolute Gasteiger partial charge is 0.253 e. The zero-order valence-electron chi connectivity index (χ0n) is 10.00. The van der Waals surface area contributed by atoms with E-state index in [1.54, 1.807) is 0 Å². The lowest BCUT2D eigenvalue weighted by Gasteiger charge is -2.30. The molecule has 0 bridgehead atoms. The fourth-order valence-electron chi connectivity index (χ4n) is 1.67. The van der Waals surface area contributed by atoms with Crippen LogP contribution >= 0.6 is 0 Å². The van der Waals surface area contributed by atoms with Crippen LogP contribution in [0.25, 0.3) is 0 Å². The van der Waals surface area contributed by atoms with Crippen LogP contribution < -0.4 is 5.01 Å². The Morgan fingerprint density at radius 1 is 1.10 bits per heavy atom. The standard InChI is InChI=1S/C10H8F6N4/c1-6-18-5-19(10(14,15)16)20(6)7-2-3-8(17-4-7)9(11,12)13/h2-4H,5H2,1H3. The highest BCUT2D eigenvalue weighted by molar-refractivity contribution is 5.96. The Labute approximate surface area is 109 Å². The fourth-order valence-corrected chi connectivity index (χ4v) is 1.67. The van der Waals surface area contributed by atoms with Gasteiger partial charge in [-0.15, -0.1) is 0 Å². The zero-order chi connectivity index (χ0) is 15.1. The molecule has 20 heavy (non-hydrogen) atoms. The zero-order valence-corrected chi connectivity index (χ0v) is 10.00. The van der Waals surface area contributed by atoms with Crippen LogP contribution in [0.4, 0.5) is 32.0 Å². The van der Waals surface area contributed by atoms with Gasteiger partial charge in [0.15, 0.2) is 0 Å². The van der Waals surface area contributed by atoms with E-state index in [1.807, 2.05) is 0 Å². The number of hydrogen-bond donors (Lipinski definition) is 0. The summed E-state index contributed by atoms with van der Waals surface area (Å²) < 4.78 is 75.3. The minimum absolute atomic E-state index is 0.0175. The molecule has 0 unspecified atom stereocenters. The minimum Gasteiger partial charge on any atom is -0.253 e. The van der Waals surface area contributed by atoms with Gasteiger partial charge < -0.3 is 0 Å². The van der Waals surface area contributed by atoms with Gasteiger partial charge in [0.1, 0.15) is 18.2 Å². The summed E-state index contributed by atoms with van der Waals surface area (Å²) in [5.41, 5.74) is -1.32. The van der Waals surface area contributed by atoms with E-state index in [1.165, 1.54) is 6.92 Å². The lowest BCUT2D eigenvalue weighted by Crippen LogP contribution is -2.49. The number of amidine groups is 1. The Bertz CT molecular complexity index is 518. The normalized spacial score (nSPS) is 17.6. The van der Waals surface area contributed by atoms with E-state index in [-0.39, 0.29) is 16.5 Å².